The maximum absolute atomic E-state index is 11.8. The van der Waals surface area contributed by atoms with Gasteiger partial charge in [0.2, 0.25) is 0 Å². The number of amides is 1. The van der Waals surface area contributed by atoms with Crippen LogP contribution in [0.4, 0.5) is 0 Å². The normalized spacial score (nSPS) is 16.5. The van der Waals surface area contributed by atoms with Crippen molar-refractivity contribution >= 4 is 21.8 Å². The molecule has 0 radical (unpaired) electrons. The monoisotopic (exact) mass is 311 g/mol. The van der Waals surface area contributed by atoms with Crippen LogP contribution in [-0.4, -0.2) is 25.7 Å². The molecule has 4 heteroatoms. The van der Waals surface area contributed by atoms with Crippen molar-refractivity contribution in [2.24, 2.45) is 5.92 Å². The fourth-order valence-electron chi connectivity index (χ4n) is 2.13. The summed E-state index contributed by atoms with van der Waals surface area (Å²) in [5.41, 5.74) is 0.713. The van der Waals surface area contributed by atoms with E-state index in [2.05, 4.69) is 21.2 Å². The van der Waals surface area contributed by atoms with Gasteiger partial charge in [0.25, 0.3) is 5.91 Å². The average molecular weight is 312 g/mol. The SMILES string of the molecule is O=C(NCCC1CCOCC1)c1ccc(Br)cc1. The summed E-state index contributed by atoms with van der Waals surface area (Å²) in [5.74, 6) is 0.707. The summed E-state index contributed by atoms with van der Waals surface area (Å²) in [5, 5.41) is 2.97. The van der Waals surface area contributed by atoms with E-state index in [1.54, 1.807) is 0 Å². The van der Waals surface area contributed by atoms with Crippen LogP contribution in [0.2, 0.25) is 0 Å². The van der Waals surface area contributed by atoms with Crippen molar-refractivity contribution in [3.8, 4) is 0 Å². The molecule has 1 aromatic carbocycles. The quantitative estimate of drug-likeness (QED) is 0.928. The minimum absolute atomic E-state index is 0.00885. The molecule has 1 aromatic rings. The fourth-order valence-corrected chi connectivity index (χ4v) is 2.39. The minimum Gasteiger partial charge on any atom is -0.381 e. The topological polar surface area (TPSA) is 38.3 Å². The Hall–Kier alpha value is -0.870. The highest BCUT2D eigenvalue weighted by atomic mass is 79.9. The summed E-state index contributed by atoms with van der Waals surface area (Å²) in [6, 6.07) is 7.42. The van der Waals surface area contributed by atoms with Crippen LogP contribution in [0.5, 0.6) is 0 Å². The summed E-state index contributed by atoms with van der Waals surface area (Å²) in [6.45, 7) is 2.48. The summed E-state index contributed by atoms with van der Waals surface area (Å²) in [6.07, 6.45) is 3.29. The zero-order chi connectivity index (χ0) is 12.8. The lowest BCUT2D eigenvalue weighted by atomic mass is 9.97. The lowest BCUT2D eigenvalue weighted by molar-refractivity contribution is 0.0636. The molecule has 2 rings (SSSR count). The Balaban J connectivity index is 1.72. The van der Waals surface area contributed by atoms with Crippen molar-refractivity contribution in [2.45, 2.75) is 19.3 Å². The van der Waals surface area contributed by atoms with Crippen molar-refractivity contribution in [2.75, 3.05) is 19.8 Å². The molecule has 1 amide bonds. The van der Waals surface area contributed by atoms with E-state index >= 15 is 0 Å². The van der Waals surface area contributed by atoms with E-state index in [-0.39, 0.29) is 5.91 Å². The first kappa shape index (κ1) is 13.6. The molecule has 0 aromatic heterocycles. The van der Waals surface area contributed by atoms with Crippen LogP contribution < -0.4 is 5.32 Å². The van der Waals surface area contributed by atoms with E-state index in [0.717, 1.165) is 43.5 Å². The van der Waals surface area contributed by atoms with Gasteiger partial charge in [0.1, 0.15) is 0 Å². The predicted molar refractivity (Wildman–Crippen MR) is 74.6 cm³/mol. The Morgan fingerprint density at radius 1 is 1.28 bits per heavy atom. The fraction of sp³-hybridized carbons (Fsp3) is 0.500. The number of hydrogen-bond acceptors (Lipinski definition) is 2. The van der Waals surface area contributed by atoms with Crippen molar-refractivity contribution < 1.29 is 9.53 Å². The number of halogens is 1. The molecule has 1 aliphatic rings. The van der Waals surface area contributed by atoms with E-state index in [4.69, 9.17) is 4.74 Å². The second-order valence-corrected chi connectivity index (χ2v) is 5.52. The lowest BCUT2D eigenvalue weighted by Gasteiger charge is -2.21. The van der Waals surface area contributed by atoms with E-state index in [9.17, 15) is 4.79 Å². The third kappa shape index (κ3) is 4.10. The molecular weight excluding hydrogens is 294 g/mol. The number of carbonyl (C=O) groups excluding carboxylic acids is 1. The number of hydrogen-bond donors (Lipinski definition) is 1. The van der Waals surface area contributed by atoms with E-state index in [1.807, 2.05) is 24.3 Å². The van der Waals surface area contributed by atoms with Gasteiger partial charge in [-0.05, 0) is 49.4 Å². The molecule has 1 saturated heterocycles. The zero-order valence-corrected chi connectivity index (χ0v) is 11.9. The second kappa shape index (κ2) is 6.90. The van der Waals surface area contributed by atoms with Gasteiger partial charge in [0, 0.05) is 29.8 Å². The molecule has 0 bridgehead atoms. The molecule has 0 spiro atoms. The Labute approximate surface area is 116 Å². The smallest absolute Gasteiger partial charge is 0.251 e. The van der Waals surface area contributed by atoms with Crippen LogP contribution in [0.1, 0.15) is 29.6 Å². The van der Waals surface area contributed by atoms with Gasteiger partial charge >= 0.3 is 0 Å². The molecule has 0 saturated carbocycles. The van der Waals surface area contributed by atoms with E-state index < -0.39 is 0 Å². The molecule has 18 heavy (non-hydrogen) atoms. The first-order valence-corrected chi connectivity index (χ1v) is 7.16. The number of carbonyl (C=O) groups is 1. The van der Waals surface area contributed by atoms with Crippen LogP contribution in [0, 0.1) is 5.92 Å². The highest BCUT2D eigenvalue weighted by Gasteiger charge is 2.13. The Kier molecular flexibility index (Phi) is 5.20. The standard InChI is InChI=1S/C14H18BrNO2/c15-13-3-1-12(2-4-13)14(17)16-8-5-11-6-9-18-10-7-11/h1-4,11H,5-10H2,(H,16,17). The first-order chi connectivity index (χ1) is 8.75. The van der Waals surface area contributed by atoms with Gasteiger partial charge in [-0.25, -0.2) is 0 Å². The number of nitrogens with one attached hydrogen (secondary N) is 1. The summed E-state index contributed by atoms with van der Waals surface area (Å²) in [7, 11) is 0. The molecule has 1 aliphatic heterocycles. The second-order valence-electron chi connectivity index (χ2n) is 4.61. The van der Waals surface area contributed by atoms with Gasteiger partial charge in [0.15, 0.2) is 0 Å². The van der Waals surface area contributed by atoms with E-state index in [0.29, 0.717) is 11.5 Å². The van der Waals surface area contributed by atoms with Crippen molar-refractivity contribution in [3.05, 3.63) is 34.3 Å². The number of ether oxygens (including phenoxy) is 1. The predicted octanol–water partition coefficient (Wildman–Crippen LogP) is 3.00. The largest absolute Gasteiger partial charge is 0.381 e. The van der Waals surface area contributed by atoms with Crippen LogP contribution in [0.15, 0.2) is 28.7 Å². The van der Waals surface area contributed by atoms with Gasteiger partial charge in [-0.1, -0.05) is 15.9 Å². The third-order valence-electron chi connectivity index (χ3n) is 3.29. The molecule has 0 atom stereocenters. The van der Waals surface area contributed by atoms with Gasteiger partial charge in [0.05, 0.1) is 0 Å². The van der Waals surface area contributed by atoms with Crippen molar-refractivity contribution in [1.29, 1.82) is 0 Å². The Morgan fingerprint density at radius 2 is 1.94 bits per heavy atom. The Bertz CT molecular complexity index is 385. The van der Waals surface area contributed by atoms with Crippen LogP contribution in [0.25, 0.3) is 0 Å². The molecule has 1 N–H and O–H groups in total. The number of benzene rings is 1. The summed E-state index contributed by atoms with van der Waals surface area (Å²) < 4.78 is 6.30. The van der Waals surface area contributed by atoms with Gasteiger partial charge in [-0.2, -0.15) is 0 Å². The highest BCUT2D eigenvalue weighted by molar-refractivity contribution is 9.10. The number of rotatable bonds is 4. The van der Waals surface area contributed by atoms with E-state index in [1.165, 1.54) is 0 Å². The lowest BCUT2D eigenvalue weighted by Crippen LogP contribution is -2.27. The van der Waals surface area contributed by atoms with Gasteiger partial charge in [-0.15, -0.1) is 0 Å². The molecule has 0 aliphatic carbocycles. The first-order valence-electron chi connectivity index (χ1n) is 6.37. The molecular formula is C14H18BrNO2. The Morgan fingerprint density at radius 3 is 2.61 bits per heavy atom. The highest BCUT2D eigenvalue weighted by Crippen LogP contribution is 2.17. The molecule has 1 fully saturated rings. The molecule has 1 heterocycles. The van der Waals surface area contributed by atoms with Gasteiger partial charge < -0.3 is 10.1 Å². The zero-order valence-electron chi connectivity index (χ0n) is 10.3. The molecule has 0 unspecified atom stereocenters. The van der Waals surface area contributed by atoms with Gasteiger partial charge in [-0.3, -0.25) is 4.79 Å². The summed E-state index contributed by atoms with van der Waals surface area (Å²) in [4.78, 5) is 11.8. The molecule has 98 valence electrons. The molecule has 3 nitrogen and oxygen atoms in total. The third-order valence-corrected chi connectivity index (χ3v) is 3.81. The average Bonchev–Trinajstić information content (AvgIpc) is 2.40. The van der Waals surface area contributed by atoms with Crippen LogP contribution in [-0.2, 0) is 4.74 Å². The van der Waals surface area contributed by atoms with Crippen molar-refractivity contribution in [3.63, 3.8) is 0 Å². The van der Waals surface area contributed by atoms with Crippen LogP contribution in [0.3, 0.4) is 0 Å². The summed E-state index contributed by atoms with van der Waals surface area (Å²) >= 11 is 3.36. The van der Waals surface area contributed by atoms with Crippen molar-refractivity contribution in [1.82, 2.24) is 5.32 Å². The maximum atomic E-state index is 11.8. The van der Waals surface area contributed by atoms with Crippen LogP contribution >= 0.6 is 15.9 Å². The maximum Gasteiger partial charge on any atom is 0.251 e. The minimum atomic E-state index is 0.00885.